The number of hydrogen-bond acceptors (Lipinski definition) is 4. The fraction of sp³-hybridized carbons (Fsp3) is 0.0455. The van der Waals surface area contributed by atoms with Gasteiger partial charge in [-0.15, -0.1) is 0 Å². The molecule has 4 aromatic rings. The van der Waals surface area contributed by atoms with Gasteiger partial charge in [0.1, 0.15) is 17.4 Å². The van der Waals surface area contributed by atoms with Gasteiger partial charge in [-0.25, -0.2) is 8.78 Å². The van der Waals surface area contributed by atoms with Crippen molar-refractivity contribution in [1.82, 2.24) is 4.98 Å². The summed E-state index contributed by atoms with van der Waals surface area (Å²) in [4.78, 5) is 4.40. The van der Waals surface area contributed by atoms with Gasteiger partial charge in [0, 0.05) is 46.5 Å². The number of hydrogen-bond donors (Lipinski definition) is 2. The molecule has 3 aromatic carbocycles. The van der Waals surface area contributed by atoms with Crippen molar-refractivity contribution in [1.29, 1.82) is 0 Å². The van der Waals surface area contributed by atoms with Gasteiger partial charge in [0.2, 0.25) is 0 Å². The summed E-state index contributed by atoms with van der Waals surface area (Å²) in [5.41, 5.74) is 3.55. The minimum Gasteiger partial charge on any atom is -0.497 e. The maximum absolute atomic E-state index is 13.4. The molecule has 0 amide bonds. The lowest BCUT2D eigenvalue weighted by Gasteiger charge is -2.12. The number of rotatable bonds is 5. The van der Waals surface area contributed by atoms with Crippen molar-refractivity contribution in [2.45, 2.75) is 0 Å². The molecular formula is C22H17F2N3O. The van der Waals surface area contributed by atoms with E-state index < -0.39 is 11.6 Å². The molecule has 6 heteroatoms. The summed E-state index contributed by atoms with van der Waals surface area (Å²) < 4.78 is 32.1. The Morgan fingerprint density at radius 3 is 2.36 bits per heavy atom. The Balaban J connectivity index is 1.64. The van der Waals surface area contributed by atoms with Crippen molar-refractivity contribution in [2.24, 2.45) is 0 Å². The molecule has 140 valence electrons. The van der Waals surface area contributed by atoms with Crippen LogP contribution in [0, 0.1) is 11.6 Å². The maximum Gasteiger partial charge on any atom is 0.128 e. The molecule has 0 radical (unpaired) electrons. The van der Waals surface area contributed by atoms with E-state index in [9.17, 15) is 8.78 Å². The molecule has 0 aliphatic carbocycles. The first kappa shape index (κ1) is 17.7. The zero-order valence-corrected chi connectivity index (χ0v) is 15.0. The van der Waals surface area contributed by atoms with Crippen molar-refractivity contribution in [3.8, 4) is 5.75 Å². The Morgan fingerprint density at radius 2 is 1.57 bits per heavy atom. The molecule has 0 aliphatic heterocycles. The number of methoxy groups -OCH3 is 1. The smallest absolute Gasteiger partial charge is 0.128 e. The van der Waals surface area contributed by atoms with E-state index >= 15 is 0 Å². The molecule has 4 nitrogen and oxygen atoms in total. The molecule has 0 spiro atoms. The van der Waals surface area contributed by atoms with Crippen LogP contribution < -0.4 is 15.4 Å². The summed E-state index contributed by atoms with van der Waals surface area (Å²) in [6.07, 6.45) is 1.65. The summed E-state index contributed by atoms with van der Waals surface area (Å²) in [5.74, 6) is -0.506. The average Bonchev–Trinajstić information content (AvgIpc) is 2.67. The molecule has 1 aromatic heterocycles. The Bertz CT molecular complexity index is 1130. The van der Waals surface area contributed by atoms with E-state index in [-0.39, 0.29) is 0 Å². The maximum atomic E-state index is 13.4. The highest BCUT2D eigenvalue weighted by Crippen LogP contribution is 2.29. The second-order valence-corrected chi connectivity index (χ2v) is 6.23. The third-order valence-electron chi connectivity index (χ3n) is 4.24. The Morgan fingerprint density at radius 1 is 0.786 bits per heavy atom. The molecule has 0 fully saturated rings. The molecule has 0 bridgehead atoms. The first-order chi connectivity index (χ1) is 13.6. The van der Waals surface area contributed by atoms with Gasteiger partial charge >= 0.3 is 0 Å². The predicted molar refractivity (Wildman–Crippen MR) is 108 cm³/mol. The predicted octanol–water partition coefficient (Wildman–Crippen LogP) is 6.01. The lowest BCUT2D eigenvalue weighted by Crippen LogP contribution is -1.96. The second kappa shape index (κ2) is 7.52. The quantitative estimate of drug-likeness (QED) is 0.447. The molecule has 0 saturated carbocycles. The van der Waals surface area contributed by atoms with Crippen LogP contribution in [0.2, 0.25) is 0 Å². The van der Waals surface area contributed by atoms with E-state index in [0.29, 0.717) is 11.4 Å². The van der Waals surface area contributed by atoms with Gasteiger partial charge in [0.15, 0.2) is 0 Å². The van der Waals surface area contributed by atoms with Gasteiger partial charge in [-0.3, -0.25) is 4.98 Å². The molecule has 2 N–H and O–H groups in total. The Labute approximate surface area is 160 Å². The number of anilines is 4. The summed E-state index contributed by atoms with van der Waals surface area (Å²) in [6, 6.07) is 18.4. The highest BCUT2D eigenvalue weighted by atomic mass is 19.1. The molecule has 0 aliphatic rings. The van der Waals surface area contributed by atoms with Crippen LogP contribution in [-0.4, -0.2) is 12.1 Å². The normalized spacial score (nSPS) is 10.7. The summed E-state index contributed by atoms with van der Waals surface area (Å²) in [7, 11) is 1.62. The van der Waals surface area contributed by atoms with Crippen molar-refractivity contribution >= 4 is 33.7 Å². The van der Waals surface area contributed by atoms with Crippen LogP contribution in [0.1, 0.15) is 0 Å². The molecule has 0 saturated heterocycles. The Kier molecular flexibility index (Phi) is 4.76. The minimum atomic E-state index is -0.634. The molecule has 1 heterocycles. The monoisotopic (exact) mass is 377 g/mol. The van der Waals surface area contributed by atoms with Crippen molar-refractivity contribution in [3.63, 3.8) is 0 Å². The third-order valence-corrected chi connectivity index (χ3v) is 4.24. The number of fused-ring (bicyclic) bond motifs is 1. The van der Waals surface area contributed by atoms with E-state index in [2.05, 4.69) is 15.6 Å². The summed E-state index contributed by atoms with van der Waals surface area (Å²) in [5, 5.41) is 7.21. The summed E-state index contributed by atoms with van der Waals surface area (Å²) in [6.45, 7) is 0. The van der Waals surface area contributed by atoms with Crippen LogP contribution in [0.5, 0.6) is 5.75 Å². The Hall–Kier alpha value is -3.67. The standard InChI is InChI=1S/C22H17F2N3O/c1-28-19-4-2-3-16(12-19)26-17-5-6-20-21(7-8-25-22(20)13-17)27-18-10-14(23)9-15(24)11-18/h2-13,26H,1H3,(H,25,27). The van der Waals surface area contributed by atoms with Crippen LogP contribution in [0.3, 0.4) is 0 Å². The number of halogens is 2. The highest BCUT2D eigenvalue weighted by molar-refractivity contribution is 5.94. The number of pyridine rings is 1. The topological polar surface area (TPSA) is 46.2 Å². The van der Waals surface area contributed by atoms with Gasteiger partial charge < -0.3 is 15.4 Å². The van der Waals surface area contributed by atoms with E-state index in [4.69, 9.17) is 4.74 Å². The first-order valence-electron chi connectivity index (χ1n) is 8.64. The van der Waals surface area contributed by atoms with Crippen molar-refractivity contribution in [3.05, 3.63) is 84.6 Å². The van der Waals surface area contributed by atoms with E-state index in [1.54, 1.807) is 19.4 Å². The van der Waals surface area contributed by atoms with Crippen LogP contribution in [0.4, 0.5) is 31.5 Å². The zero-order chi connectivity index (χ0) is 19.5. The molecule has 0 unspecified atom stereocenters. The molecule has 4 rings (SSSR count). The molecular weight excluding hydrogens is 360 g/mol. The number of aromatic nitrogens is 1. The fourth-order valence-electron chi connectivity index (χ4n) is 2.98. The lowest BCUT2D eigenvalue weighted by molar-refractivity contribution is 0.415. The van der Waals surface area contributed by atoms with Gasteiger partial charge in [0.25, 0.3) is 0 Å². The van der Waals surface area contributed by atoms with Gasteiger partial charge in [0.05, 0.1) is 12.6 Å². The lowest BCUT2D eigenvalue weighted by atomic mass is 10.1. The van der Waals surface area contributed by atoms with Crippen LogP contribution in [0.15, 0.2) is 72.9 Å². The number of nitrogens with one attached hydrogen (secondary N) is 2. The van der Waals surface area contributed by atoms with E-state index in [1.807, 2.05) is 42.5 Å². The van der Waals surface area contributed by atoms with E-state index in [0.717, 1.165) is 34.1 Å². The average molecular weight is 377 g/mol. The van der Waals surface area contributed by atoms with Crippen LogP contribution in [0.25, 0.3) is 10.9 Å². The number of ether oxygens (including phenoxy) is 1. The minimum absolute atomic E-state index is 0.337. The number of benzene rings is 3. The van der Waals surface area contributed by atoms with E-state index in [1.165, 1.54) is 12.1 Å². The molecule has 28 heavy (non-hydrogen) atoms. The van der Waals surface area contributed by atoms with Gasteiger partial charge in [-0.1, -0.05) is 6.07 Å². The summed E-state index contributed by atoms with van der Waals surface area (Å²) >= 11 is 0. The van der Waals surface area contributed by atoms with Gasteiger partial charge in [-0.05, 0) is 48.5 Å². The zero-order valence-electron chi connectivity index (χ0n) is 15.0. The fourth-order valence-corrected chi connectivity index (χ4v) is 2.98. The largest absolute Gasteiger partial charge is 0.497 e. The van der Waals surface area contributed by atoms with Crippen molar-refractivity contribution in [2.75, 3.05) is 17.7 Å². The first-order valence-corrected chi connectivity index (χ1v) is 8.64. The van der Waals surface area contributed by atoms with Crippen LogP contribution >= 0.6 is 0 Å². The number of nitrogens with zero attached hydrogens (tertiary/aromatic N) is 1. The SMILES string of the molecule is COc1cccc(Nc2ccc3c(Nc4cc(F)cc(F)c4)ccnc3c2)c1. The van der Waals surface area contributed by atoms with Crippen molar-refractivity contribution < 1.29 is 13.5 Å². The van der Waals surface area contributed by atoms with Gasteiger partial charge in [-0.2, -0.15) is 0 Å². The van der Waals surface area contributed by atoms with Crippen LogP contribution in [-0.2, 0) is 0 Å². The third kappa shape index (κ3) is 3.86. The molecule has 0 atom stereocenters. The second-order valence-electron chi connectivity index (χ2n) is 6.23. The highest BCUT2D eigenvalue weighted by Gasteiger charge is 2.06.